The number of rotatable bonds is 15. The Morgan fingerprint density at radius 3 is 2.22 bits per heavy atom. The Hall–Kier alpha value is -2.57. The summed E-state index contributed by atoms with van der Waals surface area (Å²) >= 11 is 0. The SMILES string of the molecule is CCCCCNC(=O)C(c1cccc(C)c1)N(CCCCC)C(=O)C(NC(=O)OC(C)(C)C)C(C)CC. The molecule has 0 heterocycles. The lowest BCUT2D eigenvalue weighted by molar-refractivity contribution is -0.143. The first kappa shape index (κ1) is 32.5. The third kappa shape index (κ3) is 11.6. The molecule has 0 aromatic heterocycles. The second kappa shape index (κ2) is 16.3. The summed E-state index contributed by atoms with van der Waals surface area (Å²) in [6, 6.07) is 6.19. The molecule has 1 aromatic rings. The fourth-order valence-electron chi connectivity index (χ4n) is 4.19. The second-order valence-electron chi connectivity index (χ2n) is 11.1. The first-order chi connectivity index (χ1) is 17.4. The Morgan fingerprint density at radius 2 is 1.65 bits per heavy atom. The van der Waals surface area contributed by atoms with E-state index in [1.165, 1.54) is 0 Å². The van der Waals surface area contributed by atoms with E-state index >= 15 is 0 Å². The minimum Gasteiger partial charge on any atom is -0.444 e. The molecule has 0 fully saturated rings. The minimum atomic E-state index is -0.804. The molecule has 0 aliphatic heterocycles. The van der Waals surface area contributed by atoms with Gasteiger partial charge in [0.05, 0.1) is 0 Å². The highest BCUT2D eigenvalue weighted by molar-refractivity contribution is 5.92. The summed E-state index contributed by atoms with van der Waals surface area (Å²) in [5, 5.41) is 5.90. The zero-order chi connectivity index (χ0) is 28.0. The molecular formula is C30H51N3O4. The number of alkyl carbamates (subject to hydrolysis) is 1. The van der Waals surface area contributed by atoms with Gasteiger partial charge >= 0.3 is 6.09 Å². The van der Waals surface area contributed by atoms with Crippen molar-refractivity contribution in [2.24, 2.45) is 5.92 Å². The van der Waals surface area contributed by atoms with Gasteiger partial charge in [0.25, 0.3) is 0 Å². The van der Waals surface area contributed by atoms with Gasteiger partial charge in [-0.25, -0.2) is 4.79 Å². The molecule has 3 unspecified atom stereocenters. The third-order valence-electron chi connectivity index (χ3n) is 6.43. The maximum Gasteiger partial charge on any atom is 0.408 e. The van der Waals surface area contributed by atoms with Gasteiger partial charge in [-0.1, -0.05) is 89.6 Å². The van der Waals surface area contributed by atoms with Gasteiger partial charge in [-0.3, -0.25) is 9.59 Å². The van der Waals surface area contributed by atoms with E-state index in [9.17, 15) is 14.4 Å². The average Bonchev–Trinajstić information content (AvgIpc) is 2.82. The molecule has 0 radical (unpaired) electrons. The molecule has 3 amide bonds. The Kier molecular flexibility index (Phi) is 14.3. The number of hydrogen-bond acceptors (Lipinski definition) is 4. The topological polar surface area (TPSA) is 87.7 Å². The number of benzene rings is 1. The molecule has 1 rings (SSSR count). The van der Waals surface area contributed by atoms with E-state index < -0.39 is 23.8 Å². The van der Waals surface area contributed by atoms with Gasteiger partial charge in [0.2, 0.25) is 11.8 Å². The third-order valence-corrected chi connectivity index (χ3v) is 6.43. The minimum absolute atomic E-state index is 0.139. The van der Waals surface area contributed by atoms with Crippen LogP contribution in [0.2, 0.25) is 0 Å². The van der Waals surface area contributed by atoms with E-state index in [0.717, 1.165) is 49.7 Å². The summed E-state index contributed by atoms with van der Waals surface area (Å²) < 4.78 is 5.48. The fraction of sp³-hybridized carbons (Fsp3) is 0.700. The average molecular weight is 518 g/mol. The van der Waals surface area contributed by atoms with Gasteiger partial charge < -0.3 is 20.3 Å². The van der Waals surface area contributed by atoms with E-state index in [1.54, 1.807) is 25.7 Å². The molecule has 0 aliphatic carbocycles. The molecular weight excluding hydrogens is 466 g/mol. The molecule has 7 nitrogen and oxygen atoms in total. The fourth-order valence-corrected chi connectivity index (χ4v) is 4.19. The van der Waals surface area contributed by atoms with Crippen LogP contribution >= 0.6 is 0 Å². The number of hydrogen-bond donors (Lipinski definition) is 2. The molecule has 0 bridgehead atoms. The maximum absolute atomic E-state index is 14.2. The van der Waals surface area contributed by atoms with E-state index in [4.69, 9.17) is 4.74 Å². The number of ether oxygens (including phenoxy) is 1. The quantitative estimate of drug-likeness (QED) is 0.267. The second-order valence-corrected chi connectivity index (χ2v) is 11.1. The summed E-state index contributed by atoms with van der Waals surface area (Å²) in [6.07, 6.45) is 5.75. The first-order valence-corrected chi connectivity index (χ1v) is 14.1. The Labute approximate surface area is 225 Å². The van der Waals surface area contributed by atoms with Crippen molar-refractivity contribution in [1.29, 1.82) is 0 Å². The number of amides is 3. The predicted octanol–water partition coefficient (Wildman–Crippen LogP) is 6.30. The largest absolute Gasteiger partial charge is 0.444 e. The summed E-state index contributed by atoms with van der Waals surface area (Å²) in [5.74, 6) is -0.585. The van der Waals surface area contributed by atoms with Crippen molar-refractivity contribution in [3.05, 3.63) is 35.4 Å². The number of carbonyl (C=O) groups excluding carboxylic acids is 3. The predicted molar refractivity (Wildman–Crippen MR) is 150 cm³/mol. The number of nitrogens with one attached hydrogen (secondary N) is 2. The van der Waals surface area contributed by atoms with Crippen LogP contribution in [-0.2, 0) is 14.3 Å². The first-order valence-electron chi connectivity index (χ1n) is 14.1. The number of unbranched alkanes of at least 4 members (excludes halogenated alkanes) is 4. The smallest absolute Gasteiger partial charge is 0.408 e. The number of aryl methyl sites for hydroxylation is 1. The van der Waals surface area contributed by atoms with Crippen molar-refractivity contribution in [2.75, 3.05) is 13.1 Å². The Bertz CT molecular complexity index is 849. The summed E-state index contributed by atoms with van der Waals surface area (Å²) in [4.78, 5) is 42.2. The van der Waals surface area contributed by atoms with Crippen LogP contribution in [0.4, 0.5) is 4.79 Å². The van der Waals surface area contributed by atoms with Gasteiger partial charge in [-0.15, -0.1) is 0 Å². The van der Waals surface area contributed by atoms with Crippen molar-refractivity contribution in [3.8, 4) is 0 Å². The maximum atomic E-state index is 14.2. The number of carbonyl (C=O) groups is 3. The van der Waals surface area contributed by atoms with Crippen molar-refractivity contribution in [2.45, 2.75) is 118 Å². The van der Waals surface area contributed by atoms with Crippen LogP contribution in [0.25, 0.3) is 0 Å². The van der Waals surface area contributed by atoms with Crippen LogP contribution in [0, 0.1) is 12.8 Å². The van der Waals surface area contributed by atoms with Gasteiger partial charge in [-0.05, 0) is 52.0 Å². The van der Waals surface area contributed by atoms with E-state index in [1.807, 2.05) is 45.0 Å². The van der Waals surface area contributed by atoms with E-state index in [-0.39, 0.29) is 17.7 Å². The van der Waals surface area contributed by atoms with Crippen LogP contribution in [0.5, 0.6) is 0 Å². The lowest BCUT2D eigenvalue weighted by atomic mass is 9.95. The molecule has 0 spiro atoms. The van der Waals surface area contributed by atoms with Crippen molar-refractivity contribution < 1.29 is 19.1 Å². The molecule has 3 atom stereocenters. The van der Waals surface area contributed by atoms with Crippen LogP contribution in [0.1, 0.15) is 111 Å². The van der Waals surface area contributed by atoms with Crippen LogP contribution in [0.15, 0.2) is 24.3 Å². The van der Waals surface area contributed by atoms with E-state index in [0.29, 0.717) is 19.5 Å². The molecule has 0 saturated heterocycles. The molecule has 2 N–H and O–H groups in total. The van der Waals surface area contributed by atoms with Crippen molar-refractivity contribution in [1.82, 2.24) is 15.5 Å². The van der Waals surface area contributed by atoms with Gasteiger partial charge in [-0.2, -0.15) is 0 Å². The highest BCUT2D eigenvalue weighted by atomic mass is 16.6. The normalized spacial score (nSPS) is 13.8. The van der Waals surface area contributed by atoms with Crippen molar-refractivity contribution >= 4 is 17.9 Å². The summed E-state index contributed by atoms with van der Waals surface area (Å²) in [7, 11) is 0. The highest BCUT2D eigenvalue weighted by Crippen LogP contribution is 2.26. The van der Waals surface area contributed by atoms with Crippen molar-refractivity contribution in [3.63, 3.8) is 0 Å². The van der Waals surface area contributed by atoms with Gasteiger partial charge in [0, 0.05) is 13.1 Å². The zero-order valence-electron chi connectivity index (χ0n) is 24.5. The van der Waals surface area contributed by atoms with Crippen LogP contribution in [-0.4, -0.2) is 47.5 Å². The lowest BCUT2D eigenvalue weighted by Crippen LogP contribution is -2.55. The highest BCUT2D eigenvalue weighted by Gasteiger charge is 2.37. The summed E-state index contributed by atoms with van der Waals surface area (Å²) in [6.45, 7) is 16.5. The van der Waals surface area contributed by atoms with Gasteiger partial charge in [0.1, 0.15) is 17.7 Å². The standard InChI is InChI=1S/C30H51N3O4/c1-9-12-14-19-31-27(34)26(24-18-16-17-22(4)21-24)33(20-15-13-10-2)28(35)25(23(5)11-3)32-29(36)37-30(6,7)8/h16-18,21,23,25-26H,9-15,19-20H2,1-8H3,(H,31,34)(H,32,36). The number of nitrogens with zero attached hydrogens (tertiary/aromatic N) is 1. The summed E-state index contributed by atoms with van der Waals surface area (Å²) in [5.41, 5.74) is 1.11. The molecule has 7 heteroatoms. The van der Waals surface area contributed by atoms with Crippen LogP contribution in [0.3, 0.4) is 0 Å². The molecule has 210 valence electrons. The van der Waals surface area contributed by atoms with Gasteiger partial charge in [0.15, 0.2) is 0 Å². The zero-order valence-corrected chi connectivity index (χ0v) is 24.5. The Balaban J connectivity index is 3.44. The molecule has 37 heavy (non-hydrogen) atoms. The van der Waals surface area contributed by atoms with Crippen LogP contribution < -0.4 is 10.6 Å². The Morgan fingerprint density at radius 1 is 1.00 bits per heavy atom. The molecule has 0 aliphatic rings. The molecule has 1 aromatic carbocycles. The monoisotopic (exact) mass is 517 g/mol. The van der Waals surface area contributed by atoms with E-state index in [2.05, 4.69) is 24.5 Å². The molecule has 0 saturated carbocycles. The lowest BCUT2D eigenvalue weighted by Gasteiger charge is -2.36.